The molecule has 1 aliphatic heterocycles. The van der Waals surface area contributed by atoms with Crippen LogP contribution in [0.3, 0.4) is 0 Å². The molecule has 0 saturated carbocycles. The van der Waals surface area contributed by atoms with E-state index >= 15 is 0 Å². The Balaban J connectivity index is 2.29. The molecule has 1 aromatic rings. The van der Waals surface area contributed by atoms with E-state index in [0.29, 0.717) is 11.5 Å². The van der Waals surface area contributed by atoms with Crippen molar-refractivity contribution in [3.8, 4) is 0 Å². The van der Waals surface area contributed by atoms with Gasteiger partial charge < -0.3 is 4.90 Å². The number of anilines is 1. The molecule has 0 spiro atoms. The van der Waals surface area contributed by atoms with Crippen LogP contribution in [-0.4, -0.2) is 38.8 Å². The van der Waals surface area contributed by atoms with Crippen molar-refractivity contribution in [3.05, 3.63) is 15.5 Å². The minimum atomic E-state index is -0.685. The zero-order valence-corrected chi connectivity index (χ0v) is 11.9. The second kappa shape index (κ2) is 4.98. The Bertz CT molecular complexity index is 433. The van der Waals surface area contributed by atoms with Crippen LogP contribution in [0.25, 0.3) is 0 Å². The predicted molar refractivity (Wildman–Crippen MR) is 69.6 cm³/mol. The van der Waals surface area contributed by atoms with E-state index in [2.05, 4.69) is 30.8 Å². The molecule has 7 heteroatoms. The van der Waals surface area contributed by atoms with Gasteiger partial charge in [0.25, 0.3) is 0 Å². The van der Waals surface area contributed by atoms with Crippen LogP contribution in [0.15, 0.2) is 4.47 Å². The summed E-state index contributed by atoms with van der Waals surface area (Å²) in [6.45, 7) is 3.37. The van der Waals surface area contributed by atoms with Crippen LogP contribution in [0.5, 0.6) is 0 Å². The SMILES string of the molecule is Cc1nc(Cl)nc(N2CCS(=O)CC2)c1Br. The predicted octanol–water partition coefficient (Wildman–Crippen LogP) is 1.77. The monoisotopic (exact) mass is 323 g/mol. The molecule has 88 valence electrons. The molecule has 2 heterocycles. The maximum absolute atomic E-state index is 11.3. The molecule has 1 aliphatic rings. The number of halogens is 2. The lowest BCUT2D eigenvalue weighted by atomic mass is 10.4. The number of nitrogens with zero attached hydrogens (tertiary/aromatic N) is 3. The molecule has 0 aliphatic carbocycles. The van der Waals surface area contributed by atoms with E-state index in [1.54, 1.807) is 0 Å². The molecule has 0 atom stereocenters. The van der Waals surface area contributed by atoms with Crippen molar-refractivity contribution in [2.75, 3.05) is 29.5 Å². The van der Waals surface area contributed by atoms with E-state index in [1.165, 1.54) is 0 Å². The van der Waals surface area contributed by atoms with Crippen molar-refractivity contribution in [1.29, 1.82) is 0 Å². The third kappa shape index (κ3) is 2.55. The van der Waals surface area contributed by atoms with Gasteiger partial charge in [-0.25, -0.2) is 4.98 Å². The molecule has 2 rings (SSSR count). The molecular formula is C9H11BrClN3OS. The summed E-state index contributed by atoms with van der Waals surface area (Å²) in [5, 5.41) is 0.252. The van der Waals surface area contributed by atoms with E-state index in [9.17, 15) is 4.21 Å². The van der Waals surface area contributed by atoms with Gasteiger partial charge in [-0.2, -0.15) is 4.98 Å². The van der Waals surface area contributed by atoms with Crippen LogP contribution in [0.4, 0.5) is 5.82 Å². The van der Waals surface area contributed by atoms with Gasteiger partial charge >= 0.3 is 0 Å². The fraction of sp³-hybridized carbons (Fsp3) is 0.556. The maximum atomic E-state index is 11.3. The molecule has 0 aromatic carbocycles. The van der Waals surface area contributed by atoms with E-state index in [4.69, 9.17) is 11.6 Å². The van der Waals surface area contributed by atoms with Crippen LogP contribution in [-0.2, 0) is 10.8 Å². The first-order valence-corrected chi connectivity index (χ1v) is 7.53. The first-order chi connectivity index (χ1) is 7.58. The lowest BCUT2D eigenvalue weighted by molar-refractivity contribution is 0.672. The molecule has 0 N–H and O–H groups in total. The van der Waals surface area contributed by atoms with Crippen molar-refractivity contribution < 1.29 is 4.21 Å². The van der Waals surface area contributed by atoms with Crippen molar-refractivity contribution in [1.82, 2.24) is 9.97 Å². The summed E-state index contributed by atoms with van der Waals surface area (Å²) in [5.74, 6) is 2.18. The largest absolute Gasteiger partial charge is 0.354 e. The molecule has 0 unspecified atom stereocenters. The smallest absolute Gasteiger partial charge is 0.224 e. The number of hydrogen-bond donors (Lipinski definition) is 0. The van der Waals surface area contributed by atoms with Crippen LogP contribution in [0, 0.1) is 6.92 Å². The first kappa shape index (κ1) is 12.3. The summed E-state index contributed by atoms with van der Waals surface area (Å²) < 4.78 is 12.1. The second-order valence-electron chi connectivity index (χ2n) is 3.55. The van der Waals surface area contributed by atoms with Crippen molar-refractivity contribution >= 4 is 44.1 Å². The van der Waals surface area contributed by atoms with Crippen LogP contribution in [0.2, 0.25) is 5.28 Å². The number of aryl methyl sites for hydroxylation is 1. The quantitative estimate of drug-likeness (QED) is 0.739. The highest BCUT2D eigenvalue weighted by atomic mass is 79.9. The topological polar surface area (TPSA) is 46.1 Å². The average molecular weight is 325 g/mol. The Labute approximate surface area is 110 Å². The zero-order chi connectivity index (χ0) is 11.7. The van der Waals surface area contributed by atoms with Crippen molar-refractivity contribution in [3.63, 3.8) is 0 Å². The maximum Gasteiger partial charge on any atom is 0.224 e. The molecule has 1 saturated heterocycles. The summed E-state index contributed by atoms with van der Waals surface area (Å²) in [5.41, 5.74) is 0.821. The molecule has 1 fully saturated rings. The fourth-order valence-electron chi connectivity index (χ4n) is 1.57. The highest BCUT2D eigenvalue weighted by Gasteiger charge is 2.20. The highest BCUT2D eigenvalue weighted by Crippen LogP contribution is 2.28. The number of hydrogen-bond acceptors (Lipinski definition) is 4. The van der Waals surface area contributed by atoms with Gasteiger partial charge in [0.2, 0.25) is 5.28 Å². The van der Waals surface area contributed by atoms with Gasteiger partial charge in [-0.05, 0) is 34.5 Å². The number of aromatic nitrogens is 2. The summed E-state index contributed by atoms with van der Waals surface area (Å²) in [7, 11) is -0.685. The molecule has 0 amide bonds. The van der Waals surface area contributed by atoms with Gasteiger partial charge in [0, 0.05) is 35.4 Å². The first-order valence-electron chi connectivity index (χ1n) is 4.87. The molecule has 1 aromatic heterocycles. The van der Waals surface area contributed by atoms with Crippen LogP contribution in [0.1, 0.15) is 5.69 Å². The van der Waals surface area contributed by atoms with E-state index in [1.807, 2.05) is 6.92 Å². The van der Waals surface area contributed by atoms with E-state index < -0.39 is 10.8 Å². The molecule has 0 bridgehead atoms. The average Bonchev–Trinajstić information content (AvgIpc) is 2.25. The Morgan fingerprint density at radius 3 is 2.62 bits per heavy atom. The Hall–Kier alpha value is -0.200. The lowest BCUT2D eigenvalue weighted by Crippen LogP contribution is -2.38. The summed E-state index contributed by atoms with van der Waals surface area (Å²) >= 11 is 9.30. The summed E-state index contributed by atoms with van der Waals surface area (Å²) in [6.07, 6.45) is 0. The Kier molecular flexibility index (Phi) is 3.81. The standard InChI is InChI=1S/C9H11BrClN3OS/c1-6-7(10)8(13-9(11)12-6)14-2-4-16(15)5-3-14/h2-5H2,1H3. The fourth-order valence-corrected chi connectivity index (χ4v) is 3.26. The summed E-state index contributed by atoms with van der Waals surface area (Å²) in [4.78, 5) is 10.4. The third-order valence-electron chi connectivity index (χ3n) is 2.45. The minimum Gasteiger partial charge on any atom is -0.354 e. The van der Waals surface area contributed by atoms with Crippen molar-refractivity contribution in [2.24, 2.45) is 0 Å². The van der Waals surface area contributed by atoms with E-state index in [-0.39, 0.29) is 5.28 Å². The molecule has 4 nitrogen and oxygen atoms in total. The van der Waals surface area contributed by atoms with Gasteiger partial charge in [-0.1, -0.05) is 0 Å². The second-order valence-corrected chi connectivity index (χ2v) is 6.38. The lowest BCUT2D eigenvalue weighted by Gasteiger charge is -2.28. The zero-order valence-electron chi connectivity index (χ0n) is 8.74. The Morgan fingerprint density at radius 1 is 1.38 bits per heavy atom. The molecule has 0 radical (unpaired) electrons. The van der Waals surface area contributed by atoms with Gasteiger partial charge in [0.05, 0.1) is 10.2 Å². The van der Waals surface area contributed by atoms with Gasteiger partial charge in [-0.15, -0.1) is 0 Å². The number of rotatable bonds is 1. The van der Waals surface area contributed by atoms with Gasteiger partial charge in [0.15, 0.2) is 0 Å². The molecule has 16 heavy (non-hydrogen) atoms. The Morgan fingerprint density at radius 2 is 2.00 bits per heavy atom. The molecular weight excluding hydrogens is 314 g/mol. The normalized spacial score (nSPS) is 17.8. The van der Waals surface area contributed by atoms with Crippen molar-refractivity contribution in [2.45, 2.75) is 6.92 Å². The van der Waals surface area contributed by atoms with Gasteiger partial charge in [-0.3, -0.25) is 4.21 Å². The summed E-state index contributed by atoms with van der Waals surface area (Å²) in [6, 6.07) is 0. The van der Waals surface area contributed by atoms with E-state index in [0.717, 1.165) is 29.1 Å². The van der Waals surface area contributed by atoms with Crippen LogP contribution < -0.4 is 4.90 Å². The highest BCUT2D eigenvalue weighted by molar-refractivity contribution is 9.10. The third-order valence-corrected chi connectivity index (χ3v) is 4.82. The van der Waals surface area contributed by atoms with Crippen LogP contribution >= 0.6 is 27.5 Å². The van der Waals surface area contributed by atoms with Gasteiger partial charge in [0.1, 0.15) is 5.82 Å². The minimum absolute atomic E-state index is 0.252.